The summed E-state index contributed by atoms with van der Waals surface area (Å²) in [5.74, 6) is 0. The maximum absolute atomic E-state index is 4.68. The molecule has 1 aromatic carbocycles. The van der Waals surface area contributed by atoms with Crippen LogP contribution in [0.1, 0.15) is 43.0 Å². The maximum Gasteiger partial charge on any atom is 0.0815 e. The van der Waals surface area contributed by atoms with Crippen LogP contribution in [0.3, 0.4) is 0 Å². The van der Waals surface area contributed by atoms with Crippen LogP contribution in [0.5, 0.6) is 0 Å². The third-order valence-electron chi connectivity index (χ3n) is 3.89. The molecule has 19 heavy (non-hydrogen) atoms. The van der Waals surface area contributed by atoms with Gasteiger partial charge in [-0.2, -0.15) is 5.10 Å². The van der Waals surface area contributed by atoms with E-state index in [4.69, 9.17) is 0 Å². The summed E-state index contributed by atoms with van der Waals surface area (Å²) in [7, 11) is 0. The van der Waals surface area contributed by atoms with E-state index in [0.29, 0.717) is 6.04 Å². The molecule has 0 bridgehead atoms. The number of aromatic nitrogens is 2. The Morgan fingerprint density at radius 3 is 2.63 bits per heavy atom. The van der Waals surface area contributed by atoms with E-state index in [0.717, 1.165) is 17.9 Å². The fraction of sp³-hybridized carbons (Fsp3) is 0.438. The predicted octanol–water partition coefficient (Wildman–Crippen LogP) is 3.92. The molecule has 1 aliphatic carbocycles. The quantitative estimate of drug-likeness (QED) is 0.897. The van der Waals surface area contributed by atoms with Crippen molar-refractivity contribution in [3.05, 3.63) is 47.8 Å². The molecule has 1 aromatic heterocycles. The highest BCUT2D eigenvalue weighted by atomic mass is 15.3. The fourth-order valence-electron chi connectivity index (χ4n) is 2.71. The molecule has 0 aliphatic heterocycles. The summed E-state index contributed by atoms with van der Waals surface area (Å²) in [4.78, 5) is 0. The van der Waals surface area contributed by atoms with Crippen LogP contribution in [0.4, 0.5) is 5.69 Å². The Balaban J connectivity index is 1.59. The molecule has 0 atom stereocenters. The summed E-state index contributed by atoms with van der Waals surface area (Å²) in [6.07, 6.45) is 7.39. The van der Waals surface area contributed by atoms with Gasteiger partial charge in [0.05, 0.1) is 18.3 Å². The standard InChI is InChI=1S/C16H21N3/c1-13-6-8-14(9-7-13)17-12-15-10-11-19(18-15)16-4-2-3-5-16/h6-11,16-17H,2-5,12H2,1H3. The van der Waals surface area contributed by atoms with E-state index >= 15 is 0 Å². The molecule has 3 nitrogen and oxygen atoms in total. The van der Waals surface area contributed by atoms with Gasteiger partial charge >= 0.3 is 0 Å². The summed E-state index contributed by atoms with van der Waals surface area (Å²) in [6, 6.07) is 11.2. The predicted molar refractivity (Wildman–Crippen MR) is 78.2 cm³/mol. The molecule has 2 aromatic rings. The topological polar surface area (TPSA) is 29.9 Å². The number of aryl methyl sites for hydroxylation is 1. The summed E-state index contributed by atoms with van der Waals surface area (Å²) < 4.78 is 2.15. The largest absolute Gasteiger partial charge is 0.379 e. The summed E-state index contributed by atoms with van der Waals surface area (Å²) in [5, 5.41) is 8.10. The van der Waals surface area contributed by atoms with Gasteiger partial charge in [0.15, 0.2) is 0 Å². The molecule has 1 heterocycles. The Morgan fingerprint density at radius 2 is 1.89 bits per heavy atom. The van der Waals surface area contributed by atoms with Gasteiger partial charge in [0, 0.05) is 11.9 Å². The zero-order valence-corrected chi connectivity index (χ0v) is 11.5. The van der Waals surface area contributed by atoms with Gasteiger partial charge in [0.25, 0.3) is 0 Å². The second-order valence-electron chi connectivity index (χ2n) is 5.44. The second-order valence-corrected chi connectivity index (χ2v) is 5.44. The van der Waals surface area contributed by atoms with Gasteiger partial charge in [-0.1, -0.05) is 30.5 Å². The fourth-order valence-corrected chi connectivity index (χ4v) is 2.71. The van der Waals surface area contributed by atoms with E-state index in [1.807, 2.05) is 0 Å². The van der Waals surface area contributed by atoms with Crippen LogP contribution in [0.25, 0.3) is 0 Å². The maximum atomic E-state index is 4.68. The minimum atomic E-state index is 0.633. The van der Waals surface area contributed by atoms with E-state index in [1.54, 1.807) is 0 Å². The Hall–Kier alpha value is -1.77. The van der Waals surface area contributed by atoms with Crippen LogP contribution in [0.2, 0.25) is 0 Å². The molecule has 100 valence electrons. The van der Waals surface area contributed by atoms with Crippen molar-refractivity contribution in [3.63, 3.8) is 0 Å². The molecule has 0 radical (unpaired) electrons. The SMILES string of the molecule is Cc1ccc(NCc2ccn(C3CCCC3)n2)cc1. The van der Waals surface area contributed by atoms with Crippen molar-refractivity contribution in [2.75, 3.05) is 5.32 Å². The second kappa shape index (κ2) is 5.47. The Morgan fingerprint density at radius 1 is 1.16 bits per heavy atom. The van der Waals surface area contributed by atoms with E-state index in [1.165, 1.54) is 31.2 Å². The van der Waals surface area contributed by atoms with Crippen molar-refractivity contribution in [3.8, 4) is 0 Å². The number of hydrogen-bond donors (Lipinski definition) is 1. The molecular formula is C16H21N3. The normalized spacial score (nSPS) is 15.8. The van der Waals surface area contributed by atoms with E-state index < -0.39 is 0 Å². The van der Waals surface area contributed by atoms with Crippen molar-refractivity contribution < 1.29 is 0 Å². The van der Waals surface area contributed by atoms with Crippen molar-refractivity contribution >= 4 is 5.69 Å². The van der Waals surface area contributed by atoms with Crippen LogP contribution in [0.15, 0.2) is 36.5 Å². The van der Waals surface area contributed by atoms with Crippen molar-refractivity contribution in [2.24, 2.45) is 0 Å². The third kappa shape index (κ3) is 2.98. The minimum Gasteiger partial charge on any atom is -0.379 e. The number of nitrogens with one attached hydrogen (secondary N) is 1. The van der Waals surface area contributed by atoms with Crippen LogP contribution >= 0.6 is 0 Å². The first-order valence-electron chi connectivity index (χ1n) is 7.16. The Labute approximate surface area is 114 Å². The van der Waals surface area contributed by atoms with E-state index in [9.17, 15) is 0 Å². The zero-order valence-electron chi connectivity index (χ0n) is 11.5. The molecular weight excluding hydrogens is 234 g/mol. The lowest BCUT2D eigenvalue weighted by atomic mass is 10.2. The Kier molecular flexibility index (Phi) is 3.53. The molecule has 1 N–H and O–H groups in total. The molecule has 0 amide bonds. The van der Waals surface area contributed by atoms with Gasteiger partial charge < -0.3 is 5.32 Å². The summed E-state index contributed by atoms with van der Waals surface area (Å²) in [5.41, 5.74) is 3.56. The lowest BCUT2D eigenvalue weighted by Crippen LogP contribution is -2.07. The first kappa shape index (κ1) is 12.3. The molecule has 3 rings (SSSR count). The molecule has 1 aliphatic rings. The number of rotatable bonds is 4. The highest BCUT2D eigenvalue weighted by Crippen LogP contribution is 2.28. The van der Waals surface area contributed by atoms with Crippen molar-refractivity contribution in [1.29, 1.82) is 0 Å². The number of hydrogen-bond acceptors (Lipinski definition) is 2. The number of nitrogens with zero attached hydrogens (tertiary/aromatic N) is 2. The highest BCUT2D eigenvalue weighted by molar-refractivity contribution is 5.44. The van der Waals surface area contributed by atoms with Gasteiger partial charge in [0.2, 0.25) is 0 Å². The smallest absolute Gasteiger partial charge is 0.0815 e. The van der Waals surface area contributed by atoms with Crippen LogP contribution < -0.4 is 5.32 Å². The lowest BCUT2D eigenvalue weighted by molar-refractivity contribution is 0.463. The Bertz CT molecular complexity index is 521. The van der Waals surface area contributed by atoms with E-state index in [-0.39, 0.29) is 0 Å². The van der Waals surface area contributed by atoms with Crippen molar-refractivity contribution in [1.82, 2.24) is 9.78 Å². The van der Waals surface area contributed by atoms with Crippen LogP contribution in [-0.4, -0.2) is 9.78 Å². The molecule has 1 saturated carbocycles. The zero-order chi connectivity index (χ0) is 13.1. The monoisotopic (exact) mass is 255 g/mol. The molecule has 0 saturated heterocycles. The number of anilines is 1. The van der Waals surface area contributed by atoms with Gasteiger partial charge in [-0.05, 0) is 38.0 Å². The molecule has 1 fully saturated rings. The van der Waals surface area contributed by atoms with Gasteiger partial charge in [-0.25, -0.2) is 0 Å². The van der Waals surface area contributed by atoms with Crippen LogP contribution in [0, 0.1) is 6.92 Å². The first-order valence-corrected chi connectivity index (χ1v) is 7.16. The van der Waals surface area contributed by atoms with Crippen molar-refractivity contribution in [2.45, 2.75) is 45.2 Å². The summed E-state index contributed by atoms with van der Waals surface area (Å²) in [6.45, 7) is 2.90. The average Bonchev–Trinajstić information content (AvgIpc) is 3.09. The van der Waals surface area contributed by atoms with Crippen LogP contribution in [-0.2, 0) is 6.54 Å². The first-order chi connectivity index (χ1) is 9.31. The highest BCUT2D eigenvalue weighted by Gasteiger charge is 2.17. The molecule has 0 unspecified atom stereocenters. The molecule has 3 heteroatoms. The van der Waals surface area contributed by atoms with Gasteiger partial charge in [-0.15, -0.1) is 0 Å². The van der Waals surface area contributed by atoms with Gasteiger partial charge in [0.1, 0.15) is 0 Å². The van der Waals surface area contributed by atoms with E-state index in [2.05, 4.69) is 58.5 Å². The molecule has 0 spiro atoms. The third-order valence-corrected chi connectivity index (χ3v) is 3.89. The minimum absolute atomic E-state index is 0.633. The summed E-state index contributed by atoms with van der Waals surface area (Å²) >= 11 is 0. The number of benzene rings is 1. The lowest BCUT2D eigenvalue weighted by Gasteiger charge is -2.09. The average molecular weight is 255 g/mol. The van der Waals surface area contributed by atoms with Gasteiger partial charge in [-0.3, -0.25) is 4.68 Å².